The van der Waals surface area contributed by atoms with Gasteiger partial charge >= 0.3 is 6.03 Å². The number of aromatic nitrogens is 3. The fraction of sp³-hybridized carbons (Fsp3) is 0.235. The second-order valence-corrected chi connectivity index (χ2v) is 6.36. The number of thiazole rings is 1. The Morgan fingerprint density at radius 2 is 1.77 bits per heavy atom. The van der Waals surface area contributed by atoms with E-state index in [0.29, 0.717) is 34.0 Å². The summed E-state index contributed by atoms with van der Waals surface area (Å²) in [5, 5.41) is 8.59. The fourth-order valence-electron chi connectivity index (χ4n) is 2.43. The predicted octanol–water partition coefficient (Wildman–Crippen LogP) is 2.64. The van der Waals surface area contributed by atoms with Crippen LogP contribution in [0.25, 0.3) is 21.3 Å². The molecule has 2 heterocycles. The number of nitrogens with zero attached hydrogens (tertiary/aromatic N) is 3. The summed E-state index contributed by atoms with van der Waals surface area (Å²) in [4.78, 5) is 36.8. The molecule has 8 nitrogen and oxygen atoms in total. The molecule has 3 N–H and O–H groups in total. The van der Waals surface area contributed by atoms with Gasteiger partial charge in [-0.1, -0.05) is 11.3 Å². The van der Waals surface area contributed by atoms with E-state index in [9.17, 15) is 9.59 Å². The van der Waals surface area contributed by atoms with Gasteiger partial charge in [0.15, 0.2) is 5.13 Å². The van der Waals surface area contributed by atoms with Gasteiger partial charge in [0.2, 0.25) is 0 Å². The highest BCUT2D eigenvalue weighted by molar-refractivity contribution is 7.22. The van der Waals surface area contributed by atoms with E-state index in [-0.39, 0.29) is 11.9 Å². The van der Waals surface area contributed by atoms with Crippen LogP contribution < -0.4 is 16.0 Å². The molecule has 3 amide bonds. The lowest BCUT2D eigenvalue weighted by atomic mass is 10.0. The number of fused-ring (bicyclic) bond motifs is 1. The number of nitrogens with one attached hydrogen (secondary N) is 3. The first-order valence-corrected chi connectivity index (χ1v) is 8.97. The molecule has 134 valence electrons. The Hall–Kier alpha value is -3.07. The van der Waals surface area contributed by atoms with Crippen LogP contribution in [0.1, 0.15) is 24.2 Å². The lowest BCUT2D eigenvalue weighted by Gasteiger charge is -2.06. The maximum absolute atomic E-state index is 12.5. The maximum Gasteiger partial charge on any atom is 0.321 e. The van der Waals surface area contributed by atoms with Crippen molar-refractivity contribution in [2.45, 2.75) is 13.8 Å². The zero-order valence-corrected chi connectivity index (χ0v) is 15.2. The van der Waals surface area contributed by atoms with E-state index in [2.05, 4.69) is 30.9 Å². The van der Waals surface area contributed by atoms with Crippen molar-refractivity contribution in [1.82, 2.24) is 25.6 Å². The highest BCUT2D eigenvalue weighted by Crippen LogP contribution is 2.33. The Kier molecular flexibility index (Phi) is 5.37. The number of hydrogen-bond donors (Lipinski definition) is 3. The molecule has 3 rings (SSSR count). The molecule has 0 bridgehead atoms. The third-order valence-electron chi connectivity index (χ3n) is 3.52. The van der Waals surface area contributed by atoms with Gasteiger partial charge in [-0.05, 0) is 31.5 Å². The molecular weight excluding hydrogens is 352 g/mol. The average Bonchev–Trinajstić information content (AvgIpc) is 3.04. The lowest BCUT2D eigenvalue weighted by Crippen LogP contribution is -2.28. The molecule has 0 fully saturated rings. The van der Waals surface area contributed by atoms with E-state index < -0.39 is 0 Å². The van der Waals surface area contributed by atoms with Gasteiger partial charge in [-0.2, -0.15) is 0 Å². The molecule has 0 saturated carbocycles. The monoisotopic (exact) mass is 370 g/mol. The SMILES string of the molecule is CCNC(=O)Nc1nc2cc(-c3cncnc3)cc(C(=O)NCC)c2s1. The van der Waals surface area contributed by atoms with Crippen molar-refractivity contribution in [3.63, 3.8) is 0 Å². The van der Waals surface area contributed by atoms with Gasteiger partial charge in [-0.3, -0.25) is 10.1 Å². The Morgan fingerprint density at radius 1 is 1.04 bits per heavy atom. The van der Waals surface area contributed by atoms with E-state index >= 15 is 0 Å². The number of carbonyl (C=O) groups is 2. The van der Waals surface area contributed by atoms with Crippen molar-refractivity contribution in [3.8, 4) is 11.1 Å². The number of carbonyl (C=O) groups excluding carboxylic acids is 2. The third-order valence-corrected chi connectivity index (χ3v) is 4.54. The van der Waals surface area contributed by atoms with Gasteiger partial charge < -0.3 is 10.6 Å². The highest BCUT2D eigenvalue weighted by atomic mass is 32.1. The Labute approximate surface area is 154 Å². The molecule has 26 heavy (non-hydrogen) atoms. The number of benzene rings is 1. The Morgan fingerprint density at radius 3 is 2.46 bits per heavy atom. The van der Waals surface area contributed by atoms with Crippen LogP contribution >= 0.6 is 11.3 Å². The van der Waals surface area contributed by atoms with Crippen LogP contribution in [0.2, 0.25) is 0 Å². The van der Waals surface area contributed by atoms with Crippen molar-refractivity contribution in [1.29, 1.82) is 0 Å². The van der Waals surface area contributed by atoms with Crippen molar-refractivity contribution < 1.29 is 9.59 Å². The summed E-state index contributed by atoms with van der Waals surface area (Å²) in [7, 11) is 0. The average molecular weight is 370 g/mol. The number of urea groups is 1. The van der Waals surface area contributed by atoms with Gasteiger partial charge in [-0.25, -0.2) is 19.7 Å². The first-order valence-electron chi connectivity index (χ1n) is 8.15. The van der Waals surface area contributed by atoms with Crippen LogP contribution in [-0.4, -0.2) is 40.0 Å². The molecule has 2 aromatic heterocycles. The Balaban J connectivity index is 2.09. The molecule has 0 spiro atoms. The second-order valence-electron chi connectivity index (χ2n) is 5.36. The molecule has 0 atom stereocenters. The first-order chi connectivity index (χ1) is 12.6. The fourth-order valence-corrected chi connectivity index (χ4v) is 3.38. The first kappa shape index (κ1) is 17.7. The predicted molar refractivity (Wildman–Crippen MR) is 101 cm³/mol. The van der Waals surface area contributed by atoms with Crippen LogP contribution in [0.3, 0.4) is 0 Å². The quantitative estimate of drug-likeness (QED) is 0.640. The van der Waals surface area contributed by atoms with Gasteiger partial charge in [0.25, 0.3) is 5.91 Å². The molecule has 0 aliphatic rings. The van der Waals surface area contributed by atoms with E-state index in [0.717, 1.165) is 11.1 Å². The van der Waals surface area contributed by atoms with Gasteiger partial charge in [0, 0.05) is 31.0 Å². The highest BCUT2D eigenvalue weighted by Gasteiger charge is 2.17. The summed E-state index contributed by atoms with van der Waals surface area (Å²) in [6.07, 6.45) is 4.80. The van der Waals surface area contributed by atoms with E-state index in [4.69, 9.17) is 0 Å². The van der Waals surface area contributed by atoms with E-state index in [1.54, 1.807) is 18.5 Å². The molecule has 0 unspecified atom stereocenters. The minimum Gasteiger partial charge on any atom is -0.352 e. The molecule has 0 radical (unpaired) electrons. The molecule has 0 aliphatic carbocycles. The largest absolute Gasteiger partial charge is 0.352 e. The normalized spacial score (nSPS) is 10.5. The number of amides is 3. The summed E-state index contributed by atoms with van der Waals surface area (Å²) < 4.78 is 0.711. The minimum absolute atomic E-state index is 0.190. The topological polar surface area (TPSA) is 109 Å². The minimum atomic E-state index is -0.331. The summed E-state index contributed by atoms with van der Waals surface area (Å²) in [6.45, 7) is 4.72. The van der Waals surface area contributed by atoms with Crippen molar-refractivity contribution in [3.05, 3.63) is 36.4 Å². The molecular formula is C17H18N6O2S. The maximum atomic E-state index is 12.5. The van der Waals surface area contributed by atoms with Gasteiger partial charge in [-0.15, -0.1) is 0 Å². The van der Waals surface area contributed by atoms with Crippen LogP contribution in [0.15, 0.2) is 30.9 Å². The summed E-state index contributed by atoms with van der Waals surface area (Å²) in [5.41, 5.74) is 2.70. The molecule has 9 heteroatoms. The van der Waals surface area contributed by atoms with Crippen LogP contribution in [0, 0.1) is 0 Å². The smallest absolute Gasteiger partial charge is 0.321 e. The van der Waals surface area contributed by atoms with Gasteiger partial charge in [0.05, 0.1) is 15.8 Å². The Bertz CT molecular complexity index is 941. The summed E-state index contributed by atoms with van der Waals surface area (Å²) >= 11 is 1.26. The van der Waals surface area contributed by atoms with E-state index in [1.165, 1.54) is 17.7 Å². The van der Waals surface area contributed by atoms with Crippen molar-refractivity contribution in [2.24, 2.45) is 0 Å². The van der Waals surface area contributed by atoms with Crippen LogP contribution in [0.5, 0.6) is 0 Å². The van der Waals surface area contributed by atoms with Crippen molar-refractivity contribution >= 4 is 38.6 Å². The second kappa shape index (κ2) is 7.87. The summed E-state index contributed by atoms with van der Waals surface area (Å²) in [5.74, 6) is -0.190. The zero-order chi connectivity index (χ0) is 18.5. The van der Waals surface area contributed by atoms with E-state index in [1.807, 2.05) is 19.9 Å². The zero-order valence-electron chi connectivity index (χ0n) is 14.4. The lowest BCUT2D eigenvalue weighted by molar-refractivity contribution is 0.0957. The molecule has 0 aliphatic heterocycles. The van der Waals surface area contributed by atoms with Crippen LogP contribution in [-0.2, 0) is 0 Å². The number of anilines is 1. The standard InChI is InChI=1S/C17H18N6O2S/c1-3-20-15(24)12-5-10(11-7-18-9-19-8-11)6-13-14(12)26-17(22-13)23-16(25)21-4-2/h5-9H,3-4H2,1-2H3,(H,20,24)(H2,21,22,23,25). The number of hydrogen-bond acceptors (Lipinski definition) is 6. The van der Waals surface area contributed by atoms with Gasteiger partial charge in [0.1, 0.15) is 6.33 Å². The third kappa shape index (κ3) is 3.77. The summed E-state index contributed by atoms with van der Waals surface area (Å²) in [6, 6.07) is 3.32. The molecule has 3 aromatic rings. The number of rotatable bonds is 5. The molecule has 1 aromatic carbocycles. The van der Waals surface area contributed by atoms with Crippen molar-refractivity contribution in [2.75, 3.05) is 18.4 Å². The van der Waals surface area contributed by atoms with Crippen LogP contribution in [0.4, 0.5) is 9.93 Å². The molecule has 0 saturated heterocycles.